The normalized spacial score (nSPS) is 21.3. The number of carbonyl (C=O) groups is 3. The van der Waals surface area contributed by atoms with E-state index in [-0.39, 0.29) is 29.7 Å². The Morgan fingerprint density at radius 1 is 1.36 bits per heavy atom. The highest BCUT2D eigenvalue weighted by atomic mass is 35.5. The molecule has 0 aromatic heterocycles. The van der Waals surface area contributed by atoms with Crippen molar-refractivity contribution in [2.24, 2.45) is 5.73 Å². The molecule has 2 aliphatic rings. The van der Waals surface area contributed by atoms with Crippen LogP contribution in [0.1, 0.15) is 31.4 Å². The van der Waals surface area contributed by atoms with Gasteiger partial charge >= 0.3 is 5.97 Å². The van der Waals surface area contributed by atoms with Gasteiger partial charge in [-0.25, -0.2) is 4.79 Å². The summed E-state index contributed by atoms with van der Waals surface area (Å²) in [5, 5.41) is 19.6. The van der Waals surface area contributed by atoms with Crippen LogP contribution in [0.2, 0.25) is 0 Å². The number of hydrogen-bond donors (Lipinski definition) is 4. The minimum Gasteiger partial charge on any atom is -0.477 e. The van der Waals surface area contributed by atoms with E-state index in [1.54, 1.807) is 31.2 Å². The van der Waals surface area contributed by atoms with Gasteiger partial charge in [-0.1, -0.05) is 41.9 Å². The van der Waals surface area contributed by atoms with Crippen molar-refractivity contribution in [1.29, 1.82) is 0 Å². The maximum atomic E-state index is 12.3. The van der Waals surface area contributed by atoms with Crippen molar-refractivity contribution in [3.8, 4) is 0 Å². The molecule has 2 aliphatic heterocycles. The van der Waals surface area contributed by atoms with Crippen LogP contribution in [0.15, 0.2) is 41.1 Å². The molecule has 3 rings (SSSR count). The number of nitrogens with two attached hydrogens (primary N) is 1. The van der Waals surface area contributed by atoms with E-state index in [4.69, 9.17) is 22.4 Å². The lowest BCUT2D eigenvalue weighted by molar-refractivity contribution is -0.156. The third-order valence-electron chi connectivity index (χ3n) is 4.32. The summed E-state index contributed by atoms with van der Waals surface area (Å²) in [5.41, 5.74) is 6.35. The highest BCUT2D eigenvalue weighted by Gasteiger charge is 2.53. The van der Waals surface area contributed by atoms with Gasteiger partial charge in [0.15, 0.2) is 0 Å². The summed E-state index contributed by atoms with van der Waals surface area (Å²) in [6, 6.07) is 6.74. The van der Waals surface area contributed by atoms with Crippen LogP contribution in [0.3, 0.4) is 0 Å². The van der Waals surface area contributed by atoms with Crippen molar-refractivity contribution < 1.29 is 24.6 Å². The molecule has 28 heavy (non-hydrogen) atoms. The molecule has 3 atom stereocenters. The van der Waals surface area contributed by atoms with E-state index in [9.17, 15) is 19.5 Å². The molecule has 1 aromatic rings. The molecule has 0 aliphatic carbocycles. The van der Waals surface area contributed by atoms with E-state index < -0.39 is 35.9 Å². The molecule has 1 fully saturated rings. The van der Waals surface area contributed by atoms with Gasteiger partial charge in [0.25, 0.3) is 5.91 Å². The van der Waals surface area contributed by atoms with Crippen LogP contribution in [0.5, 0.6) is 0 Å². The lowest BCUT2D eigenvalue weighted by Gasteiger charge is -2.49. The Kier molecular flexibility index (Phi) is 8.90. The first-order valence-electron chi connectivity index (χ1n) is 8.50. The Labute approximate surface area is 173 Å². The number of nitrogens with zero attached hydrogens (tertiary/aromatic N) is 1. The summed E-state index contributed by atoms with van der Waals surface area (Å²) < 4.78 is 0. The average Bonchev–Trinajstić information content (AvgIpc) is 2.66. The molecule has 2 amide bonds. The third kappa shape index (κ3) is 4.82. The van der Waals surface area contributed by atoms with Crippen LogP contribution in [0.25, 0.3) is 0 Å². The van der Waals surface area contributed by atoms with Crippen LogP contribution in [-0.2, 0) is 14.4 Å². The van der Waals surface area contributed by atoms with Gasteiger partial charge in [-0.05, 0) is 25.3 Å². The summed E-state index contributed by atoms with van der Waals surface area (Å²) in [7, 11) is 0. The first kappa shape index (κ1) is 23.9. The minimum atomic E-state index is -1.25. The monoisotopic (exact) mass is 431 g/mol. The topological polar surface area (TPSA) is 133 Å². The second-order valence-corrected chi connectivity index (χ2v) is 6.52. The Hall–Kier alpha value is -2.13. The largest absolute Gasteiger partial charge is 0.477 e. The first-order valence-corrected chi connectivity index (χ1v) is 8.88. The summed E-state index contributed by atoms with van der Waals surface area (Å²) >= 11 is 5.92. The number of β-lactam (4-membered cyclic amide) rings is 1. The molecule has 1 saturated heterocycles. The molecule has 0 radical (unpaired) electrons. The summed E-state index contributed by atoms with van der Waals surface area (Å²) in [4.78, 5) is 37.0. The SMILES string of the molecule is CCO.Cl.N[C@@H](C(=O)N[C@@H]1C(=O)N2C(C(=O)O)=C(Cl)CC[C@H]12)c1ccccc1. The molecule has 2 heterocycles. The van der Waals surface area contributed by atoms with Crippen molar-refractivity contribution in [3.63, 3.8) is 0 Å². The number of allylic oxidation sites excluding steroid dienone is 1. The standard InChI is InChI=1S/C16H16ClN3O4.C2H6O.ClH/c17-9-6-7-10-12(15(22)20(10)13(9)16(23)24)19-14(21)11(18)8-4-2-1-3-5-8;1-2-3;/h1-5,10-12H,6-7,18H2,(H,19,21)(H,23,24);3H,2H2,1H3;1H/t10-,11-,12+;;/m1../s1. The fraction of sp³-hybridized carbons (Fsp3) is 0.389. The molecule has 0 spiro atoms. The number of carboxylic acids is 1. The van der Waals surface area contributed by atoms with Crippen LogP contribution in [0.4, 0.5) is 0 Å². The smallest absolute Gasteiger partial charge is 0.353 e. The molecule has 1 aromatic carbocycles. The molecule has 0 bridgehead atoms. The molecule has 154 valence electrons. The van der Waals surface area contributed by atoms with Gasteiger partial charge in [0.1, 0.15) is 17.8 Å². The number of halogens is 2. The van der Waals surface area contributed by atoms with Gasteiger partial charge in [-0.15, -0.1) is 12.4 Å². The quantitative estimate of drug-likeness (QED) is 0.528. The van der Waals surface area contributed by atoms with Crippen molar-refractivity contribution in [2.75, 3.05) is 6.61 Å². The first-order chi connectivity index (χ1) is 12.8. The molecule has 10 heteroatoms. The summed E-state index contributed by atoms with van der Waals surface area (Å²) in [5.74, 6) is -2.20. The van der Waals surface area contributed by atoms with Crippen molar-refractivity contribution in [3.05, 3.63) is 46.6 Å². The molecule has 8 nitrogen and oxygen atoms in total. The molecular formula is C18H23Cl2N3O5. The maximum Gasteiger partial charge on any atom is 0.353 e. The molecule has 0 unspecified atom stereocenters. The van der Waals surface area contributed by atoms with E-state index >= 15 is 0 Å². The number of rotatable bonds is 4. The number of hydrogen-bond acceptors (Lipinski definition) is 5. The lowest BCUT2D eigenvalue weighted by Crippen LogP contribution is -2.72. The fourth-order valence-electron chi connectivity index (χ4n) is 3.07. The average molecular weight is 432 g/mol. The zero-order chi connectivity index (χ0) is 20.1. The highest BCUT2D eigenvalue weighted by Crippen LogP contribution is 2.38. The zero-order valence-electron chi connectivity index (χ0n) is 15.2. The Morgan fingerprint density at radius 2 is 1.93 bits per heavy atom. The number of nitrogens with one attached hydrogen (secondary N) is 1. The predicted octanol–water partition coefficient (Wildman–Crippen LogP) is 1.13. The van der Waals surface area contributed by atoms with Crippen LogP contribution in [0, 0.1) is 0 Å². The number of aliphatic carboxylic acids is 1. The van der Waals surface area contributed by atoms with Crippen molar-refractivity contribution >= 4 is 41.8 Å². The molecule has 0 saturated carbocycles. The van der Waals surface area contributed by atoms with E-state index in [0.29, 0.717) is 18.4 Å². The zero-order valence-corrected chi connectivity index (χ0v) is 16.7. The summed E-state index contributed by atoms with van der Waals surface area (Å²) in [6.45, 7) is 1.93. The third-order valence-corrected chi connectivity index (χ3v) is 4.69. The predicted molar refractivity (Wildman–Crippen MR) is 106 cm³/mol. The van der Waals surface area contributed by atoms with Gasteiger partial charge in [-0.3, -0.25) is 14.5 Å². The van der Waals surface area contributed by atoms with Gasteiger partial charge in [0.05, 0.1) is 6.04 Å². The van der Waals surface area contributed by atoms with E-state index in [2.05, 4.69) is 5.32 Å². The van der Waals surface area contributed by atoms with Gasteiger partial charge in [-0.2, -0.15) is 0 Å². The number of aliphatic hydroxyl groups is 1. The van der Waals surface area contributed by atoms with Gasteiger partial charge in [0, 0.05) is 11.6 Å². The second-order valence-electron chi connectivity index (χ2n) is 6.06. The van der Waals surface area contributed by atoms with E-state index in [1.165, 1.54) is 0 Å². The number of carboxylic acid groups (broad SMARTS) is 1. The fourth-order valence-corrected chi connectivity index (χ4v) is 3.35. The summed E-state index contributed by atoms with van der Waals surface area (Å²) in [6.07, 6.45) is 0.849. The van der Waals surface area contributed by atoms with E-state index in [1.807, 2.05) is 6.07 Å². The molecule has 5 N–H and O–H groups in total. The number of benzene rings is 1. The van der Waals surface area contributed by atoms with Crippen LogP contribution < -0.4 is 11.1 Å². The van der Waals surface area contributed by atoms with Crippen LogP contribution in [-0.4, -0.2) is 51.6 Å². The number of fused-ring (bicyclic) bond motifs is 1. The number of carbonyl (C=O) groups excluding carboxylic acids is 2. The van der Waals surface area contributed by atoms with E-state index in [0.717, 1.165) is 4.90 Å². The number of aliphatic hydroxyl groups excluding tert-OH is 1. The van der Waals surface area contributed by atoms with Gasteiger partial charge in [0.2, 0.25) is 5.91 Å². The van der Waals surface area contributed by atoms with Crippen molar-refractivity contribution in [2.45, 2.75) is 37.9 Å². The molecular weight excluding hydrogens is 409 g/mol. The Morgan fingerprint density at radius 3 is 2.46 bits per heavy atom. The lowest BCUT2D eigenvalue weighted by atomic mass is 9.86. The maximum absolute atomic E-state index is 12.3. The Balaban J connectivity index is 0.000000921. The second kappa shape index (κ2) is 10.4. The minimum absolute atomic E-state index is 0. The van der Waals surface area contributed by atoms with Crippen LogP contribution >= 0.6 is 24.0 Å². The highest BCUT2D eigenvalue weighted by molar-refractivity contribution is 6.32. The van der Waals surface area contributed by atoms with Crippen molar-refractivity contribution in [1.82, 2.24) is 10.2 Å². The Bertz CT molecular complexity index is 757. The number of amides is 2. The van der Waals surface area contributed by atoms with Gasteiger partial charge < -0.3 is 21.3 Å².